The molecular formula is C20H27N3O5S. The fourth-order valence-corrected chi connectivity index (χ4v) is 4.78. The second kappa shape index (κ2) is 7.05. The molecule has 0 saturated carbocycles. The molecule has 2 aliphatic rings. The highest BCUT2D eigenvalue weighted by molar-refractivity contribution is 7.90. The van der Waals surface area contributed by atoms with E-state index in [4.69, 9.17) is 0 Å². The molecule has 8 nitrogen and oxygen atoms in total. The molecule has 0 bridgehead atoms. The Morgan fingerprint density at radius 2 is 1.90 bits per heavy atom. The minimum Gasteiger partial charge on any atom is -0.509 e. The summed E-state index contributed by atoms with van der Waals surface area (Å²) in [5.74, 6) is -0.687. The number of hydrogen-bond acceptors (Lipinski definition) is 6. The molecule has 3 rings (SSSR count). The van der Waals surface area contributed by atoms with Crippen LogP contribution in [0.3, 0.4) is 0 Å². The van der Waals surface area contributed by atoms with E-state index in [2.05, 4.69) is 9.71 Å². The molecule has 1 aromatic rings. The molecule has 0 aromatic heterocycles. The topological polar surface area (TPSA) is 119 Å². The average molecular weight is 422 g/mol. The van der Waals surface area contributed by atoms with Gasteiger partial charge in [0.15, 0.2) is 5.84 Å². The van der Waals surface area contributed by atoms with E-state index in [1.54, 1.807) is 4.90 Å². The molecule has 29 heavy (non-hydrogen) atoms. The summed E-state index contributed by atoms with van der Waals surface area (Å²) >= 11 is 0. The Kier molecular flexibility index (Phi) is 5.15. The summed E-state index contributed by atoms with van der Waals surface area (Å²) in [7, 11) is -4.14. The van der Waals surface area contributed by atoms with E-state index >= 15 is 0 Å². The summed E-state index contributed by atoms with van der Waals surface area (Å²) in [5, 5.41) is 23.4. The number of amidine groups is 1. The third kappa shape index (κ3) is 3.83. The van der Waals surface area contributed by atoms with Gasteiger partial charge in [0.1, 0.15) is 22.0 Å². The smallest absolute Gasteiger partial charge is 0.286 e. The molecule has 0 saturated heterocycles. The maximum absolute atomic E-state index is 13.2. The first kappa shape index (κ1) is 21.2. The lowest BCUT2D eigenvalue weighted by Gasteiger charge is -2.35. The van der Waals surface area contributed by atoms with E-state index in [0.717, 1.165) is 12.5 Å². The zero-order valence-corrected chi connectivity index (χ0v) is 18.0. The van der Waals surface area contributed by atoms with E-state index in [1.165, 1.54) is 12.1 Å². The molecule has 0 aliphatic carbocycles. The van der Waals surface area contributed by atoms with Crippen molar-refractivity contribution in [3.8, 4) is 5.75 Å². The number of anilines is 1. The summed E-state index contributed by atoms with van der Waals surface area (Å²) < 4.78 is 29.0. The molecule has 3 N–H and O–H groups in total. The van der Waals surface area contributed by atoms with Crippen molar-refractivity contribution in [2.45, 2.75) is 52.0 Å². The lowest BCUT2D eigenvalue weighted by atomic mass is 9.85. The fraction of sp³-hybridized carbons (Fsp3) is 0.500. The van der Waals surface area contributed by atoms with Crippen LogP contribution in [-0.2, 0) is 14.8 Å². The van der Waals surface area contributed by atoms with Crippen molar-refractivity contribution in [3.05, 3.63) is 29.5 Å². The number of amides is 1. The van der Waals surface area contributed by atoms with Gasteiger partial charge in [-0.15, -0.1) is 4.40 Å². The lowest BCUT2D eigenvalue weighted by Crippen LogP contribution is -2.44. The van der Waals surface area contributed by atoms with E-state index in [9.17, 15) is 23.4 Å². The van der Waals surface area contributed by atoms with Crippen LogP contribution in [0.1, 0.15) is 41.0 Å². The van der Waals surface area contributed by atoms with Gasteiger partial charge in [0.2, 0.25) is 0 Å². The third-order valence-corrected chi connectivity index (χ3v) is 6.33. The predicted octanol–water partition coefficient (Wildman–Crippen LogP) is 3.02. The number of sulfonamides is 1. The van der Waals surface area contributed by atoms with Crippen molar-refractivity contribution < 1.29 is 23.4 Å². The van der Waals surface area contributed by atoms with E-state index in [1.807, 2.05) is 34.6 Å². The third-order valence-electron chi connectivity index (χ3n) is 5.01. The molecule has 2 aliphatic heterocycles. The van der Waals surface area contributed by atoms with E-state index in [0.29, 0.717) is 12.5 Å². The van der Waals surface area contributed by atoms with E-state index < -0.39 is 27.4 Å². The van der Waals surface area contributed by atoms with Gasteiger partial charge in [0.25, 0.3) is 15.9 Å². The highest BCUT2D eigenvalue weighted by atomic mass is 32.2. The van der Waals surface area contributed by atoms with E-state index in [-0.39, 0.29) is 33.5 Å². The van der Waals surface area contributed by atoms with Gasteiger partial charge in [-0.25, -0.2) is 0 Å². The minimum absolute atomic E-state index is 0.129. The van der Waals surface area contributed by atoms with Crippen molar-refractivity contribution >= 4 is 27.5 Å². The van der Waals surface area contributed by atoms with Crippen molar-refractivity contribution in [2.24, 2.45) is 15.7 Å². The average Bonchev–Trinajstić information content (AvgIpc) is 2.83. The van der Waals surface area contributed by atoms with Crippen LogP contribution in [0, 0.1) is 11.3 Å². The first-order chi connectivity index (χ1) is 13.3. The minimum atomic E-state index is -4.14. The van der Waals surface area contributed by atoms with Gasteiger partial charge in [-0.1, -0.05) is 34.6 Å². The zero-order chi connectivity index (χ0) is 21.7. The Bertz CT molecular complexity index is 1020. The number of carbonyl (C=O) groups excluding carboxylic acids is 1. The number of phenolic OH excluding ortho intramolecular Hbond substituents is 1. The largest absolute Gasteiger partial charge is 0.509 e. The maximum atomic E-state index is 13.2. The van der Waals surface area contributed by atoms with Gasteiger partial charge in [-0.3, -0.25) is 4.79 Å². The molecule has 9 heteroatoms. The van der Waals surface area contributed by atoms with Crippen LogP contribution in [0.4, 0.5) is 5.69 Å². The van der Waals surface area contributed by atoms with Crippen LogP contribution >= 0.6 is 0 Å². The van der Waals surface area contributed by atoms with Crippen LogP contribution in [0.25, 0.3) is 0 Å². The Labute approximate surface area is 171 Å². The standard InChI is InChI=1S/C20H27N3O5S/c1-11(2)8-9-23-17(20(3,4)5)16(25)15(19(23)26)18-21-13-7-6-12(24)10-14(13)29(27,28)22-18/h6-7,10-11,17,24-25H,8-9H2,1-5H3,(H,21,22)/t17-/m1/s1. The molecule has 1 amide bonds. The number of benzene rings is 1. The maximum Gasteiger partial charge on any atom is 0.286 e. The van der Waals surface area contributed by atoms with Crippen molar-refractivity contribution in [2.75, 3.05) is 11.9 Å². The lowest BCUT2D eigenvalue weighted by molar-refractivity contribution is -0.128. The molecule has 2 heterocycles. The summed E-state index contributed by atoms with van der Waals surface area (Å²) in [4.78, 5) is 14.6. The molecule has 0 fully saturated rings. The van der Waals surface area contributed by atoms with Crippen LogP contribution in [0.5, 0.6) is 5.75 Å². The number of carbonyl (C=O) groups is 1. The Hall–Kier alpha value is -2.55. The SMILES string of the molecule is CC(C)CCN1C(=O)C(C2=NS(=O)(=O)c3cc(O)ccc3N2)=C(O)[C@@H]1C(C)(C)C. The summed E-state index contributed by atoms with van der Waals surface area (Å²) in [6.07, 6.45) is 0.749. The number of aromatic hydroxyl groups is 1. The van der Waals surface area contributed by atoms with Crippen molar-refractivity contribution in [1.29, 1.82) is 0 Å². The monoisotopic (exact) mass is 421 g/mol. The molecule has 0 unspecified atom stereocenters. The van der Waals surface area contributed by atoms with Gasteiger partial charge in [-0.2, -0.15) is 8.42 Å². The van der Waals surface area contributed by atoms with Crippen molar-refractivity contribution in [3.63, 3.8) is 0 Å². The van der Waals surface area contributed by atoms with Crippen LogP contribution in [0.15, 0.2) is 38.8 Å². The quantitative estimate of drug-likeness (QED) is 0.643. The first-order valence-electron chi connectivity index (χ1n) is 9.52. The normalized spacial score (nSPS) is 21.3. The molecular weight excluding hydrogens is 394 g/mol. The second-order valence-corrected chi connectivity index (χ2v) is 10.5. The predicted molar refractivity (Wildman–Crippen MR) is 110 cm³/mol. The Morgan fingerprint density at radius 3 is 2.48 bits per heavy atom. The number of aliphatic hydroxyl groups is 1. The number of fused-ring (bicyclic) bond motifs is 1. The summed E-state index contributed by atoms with van der Waals surface area (Å²) in [6, 6.07) is 3.24. The molecule has 158 valence electrons. The number of nitrogens with one attached hydrogen (secondary N) is 1. The number of aliphatic hydroxyl groups excluding tert-OH is 1. The number of phenols is 1. The molecule has 1 atom stereocenters. The van der Waals surface area contributed by atoms with Crippen molar-refractivity contribution in [1.82, 2.24) is 4.90 Å². The van der Waals surface area contributed by atoms with Crippen LogP contribution < -0.4 is 5.32 Å². The molecule has 0 radical (unpaired) electrons. The zero-order valence-electron chi connectivity index (χ0n) is 17.2. The van der Waals surface area contributed by atoms with Crippen LogP contribution in [0.2, 0.25) is 0 Å². The summed E-state index contributed by atoms with van der Waals surface area (Å²) in [5.41, 5.74) is -0.402. The fourth-order valence-electron chi connectivity index (χ4n) is 3.64. The first-order valence-corrected chi connectivity index (χ1v) is 11.0. The Morgan fingerprint density at radius 1 is 1.24 bits per heavy atom. The highest BCUT2D eigenvalue weighted by Gasteiger charge is 2.47. The number of rotatable bonds is 4. The van der Waals surface area contributed by atoms with Gasteiger partial charge in [-0.05, 0) is 29.9 Å². The highest BCUT2D eigenvalue weighted by Crippen LogP contribution is 2.39. The molecule has 0 spiro atoms. The Balaban J connectivity index is 2.08. The van der Waals surface area contributed by atoms with Gasteiger partial charge in [0.05, 0.1) is 11.7 Å². The summed E-state index contributed by atoms with van der Waals surface area (Å²) in [6.45, 7) is 10.3. The van der Waals surface area contributed by atoms with Gasteiger partial charge >= 0.3 is 0 Å². The van der Waals surface area contributed by atoms with Gasteiger partial charge in [0, 0.05) is 12.6 Å². The molecule has 1 aromatic carbocycles. The number of nitrogens with zero attached hydrogens (tertiary/aromatic N) is 2. The van der Waals surface area contributed by atoms with Crippen LogP contribution in [-0.4, -0.2) is 47.9 Å². The second-order valence-electron chi connectivity index (χ2n) is 8.93. The number of hydrogen-bond donors (Lipinski definition) is 3. The van der Waals surface area contributed by atoms with Gasteiger partial charge < -0.3 is 20.4 Å².